The molecule has 1 aromatic heterocycles. The summed E-state index contributed by atoms with van der Waals surface area (Å²) in [5, 5.41) is 12.6. The van der Waals surface area contributed by atoms with Crippen LogP contribution in [0.1, 0.15) is 45.6 Å². The van der Waals surface area contributed by atoms with Crippen LogP contribution >= 0.6 is 0 Å². The normalized spacial score (nSPS) is 13.6. The van der Waals surface area contributed by atoms with Crippen molar-refractivity contribution in [3.63, 3.8) is 0 Å². The Kier molecular flexibility index (Phi) is 6.55. The molecule has 4 aromatic rings. The summed E-state index contributed by atoms with van der Waals surface area (Å²) in [5.74, 6) is -1.07. The molecule has 176 valence electrons. The smallest absolute Gasteiger partial charge is 0.339 e. The number of benzene rings is 3. The van der Waals surface area contributed by atoms with Gasteiger partial charge in [-0.15, -0.1) is 0 Å². The van der Waals surface area contributed by atoms with E-state index < -0.39 is 18.5 Å². The molecule has 36 heavy (non-hydrogen) atoms. The van der Waals surface area contributed by atoms with E-state index in [9.17, 15) is 14.9 Å². The van der Waals surface area contributed by atoms with Gasteiger partial charge in [0, 0.05) is 5.39 Å². The lowest BCUT2D eigenvalue weighted by atomic mass is 9.86. The molecule has 0 unspecified atom stereocenters. The first-order valence-electron chi connectivity index (χ1n) is 11.8. The van der Waals surface area contributed by atoms with E-state index in [1.165, 1.54) is 0 Å². The lowest BCUT2D eigenvalue weighted by molar-refractivity contribution is -0.119. The maximum atomic E-state index is 13.4. The quantitative estimate of drug-likeness (QED) is 0.371. The highest BCUT2D eigenvalue weighted by Crippen LogP contribution is 2.36. The molecular formula is C30H23N3O3. The summed E-state index contributed by atoms with van der Waals surface area (Å²) in [4.78, 5) is 30.8. The number of hydrogen-bond donors (Lipinski definition) is 1. The summed E-state index contributed by atoms with van der Waals surface area (Å²) in [6.07, 6.45) is 4.57. The molecule has 1 aliphatic carbocycles. The van der Waals surface area contributed by atoms with E-state index in [2.05, 4.69) is 11.4 Å². The average molecular weight is 474 g/mol. The summed E-state index contributed by atoms with van der Waals surface area (Å²) in [6.45, 7) is -0.462. The second-order valence-electron chi connectivity index (χ2n) is 8.55. The zero-order valence-corrected chi connectivity index (χ0v) is 19.5. The van der Waals surface area contributed by atoms with Crippen LogP contribution in [0.4, 0.5) is 5.69 Å². The molecule has 0 fully saturated rings. The fourth-order valence-electron chi connectivity index (χ4n) is 4.54. The second kappa shape index (κ2) is 10.2. The Morgan fingerprint density at radius 1 is 0.972 bits per heavy atom. The van der Waals surface area contributed by atoms with Gasteiger partial charge in [-0.25, -0.2) is 9.78 Å². The van der Waals surface area contributed by atoms with Crippen LogP contribution in [-0.2, 0) is 16.0 Å². The van der Waals surface area contributed by atoms with Crippen molar-refractivity contribution in [2.75, 3.05) is 11.9 Å². The van der Waals surface area contributed by atoms with Crippen molar-refractivity contribution < 1.29 is 14.3 Å². The molecular weight excluding hydrogens is 450 g/mol. The van der Waals surface area contributed by atoms with Crippen LogP contribution in [0.5, 0.6) is 0 Å². The monoisotopic (exact) mass is 473 g/mol. The number of fused-ring (bicyclic) bond motifs is 2. The van der Waals surface area contributed by atoms with Crippen LogP contribution in [0.15, 0.2) is 78.9 Å². The van der Waals surface area contributed by atoms with Gasteiger partial charge in [0.2, 0.25) is 0 Å². The number of ether oxygens (including phenoxy) is 1. The highest BCUT2D eigenvalue weighted by Gasteiger charge is 2.26. The van der Waals surface area contributed by atoms with Gasteiger partial charge < -0.3 is 10.1 Å². The average Bonchev–Trinajstić information content (AvgIpc) is 2.91. The van der Waals surface area contributed by atoms with E-state index in [1.54, 1.807) is 24.3 Å². The minimum Gasteiger partial charge on any atom is -0.452 e. The molecule has 6 nitrogen and oxygen atoms in total. The summed E-state index contributed by atoms with van der Waals surface area (Å²) in [7, 11) is 0. The second-order valence-corrected chi connectivity index (χ2v) is 8.55. The van der Waals surface area contributed by atoms with Crippen molar-refractivity contribution in [2.24, 2.45) is 0 Å². The van der Waals surface area contributed by atoms with Gasteiger partial charge in [-0.05, 0) is 60.2 Å². The number of anilines is 1. The van der Waals surface area contributed by atoms with Gasteiger partial charge in [0.15, 0.2) is 6.61 Å². The highest BCUT2D eigenvalue weighted by molar-refractivity contribution is 6.07. The third-order valence-electron chi connectivity index (χ3n) is 6.17. The summed E-state index contributed by atoms with van der Waals surface area (Å²) >= 11 is 0. The number of aromatic nitrogens is 1. The highest BCUT2D eigenvalue weighted by atomic mass is 16.5. The van der Waals surface area contributed by atoms with Crippen molar-refractivity contribution in [1.29, 1.82) is 5.26 Å². The number of rotatable bonds is 5. The minimum atomic E-state index is -0.561. The van der Waals surface area contributed by atoms with Gasteiger partial charge in [0.25, 0.3) is 5.91 Å². The van der Waals surface area contributed by atoms with Crippen LogP contribution in [0.25, 0.3) is 22.6 Å². The SMILES string of the molecule is N#Cc1ccccc1NC(=O)COC(=O)c1c2c(nc3ccccc13)/C(=C\c1ccccc1)CCC2. The van der Waals surface area contributed by atoms with Gasteiger partial charge in [0.05, 0.1) is 28.0 Å². The van der Waals surface area contributed by atoms with Crippen LogP contribution in [0, 0.1) is 11.3 Å². The third kappa shape index (κ3) is 4.73. The number of allylic oxidation sites excluding steroid dienone is 1. The lowest BCUT2D eigenvalue weighted by Crippen LogP contribution is -2.23. The molecule has 1 aliphatic rings. The third-order valence-corrected chi connectivity index (χ3v) is 6.17. The van der Waals surface area contributed by atoms with Crippen molar-refractivity contribution in [3.8, 4) is 6.07 Å². The molecule has 6 heteroatoms. The van der Waals surface area contributed by atoms with E-state index in [4.69, 9.17) is 9.72 Å². The first kappa shape index (κ1) is 23.0. The maximum Gasteiger partial charge on any atom is 0.339 e. The molecule has 0 saturated carbocycles. The zero-order valence-electron chi connectivity index (χ0n) is 19.5. The predicted octanol–water partition coefficient (Wildman–Crippen LogP) is 5.78. The van der Waals surface area contributed by atoms with Gasteiger partial charge in [0.1, 0.15) is 6.07 Å². The van der Waals surface area contributed by atoms with E-state index in [0.29, 0.717) is 34.1 Å². The Labute approximate surface area is 208 Å². The number of carbonyl (C=O) groups is 2. The summed E-state index contributed by atoms with van der Waals surface area (Å²) in [6, 6.07) is 26.2. The first-order valence-corrected chi connectivity index (χ1v) is 11.8. The molecule has 3 aromatic carbocycles. The molecule has 0 atom stereocenters. The number of nitrogens with one attached hydrogen (secondary N) is 1. The van der Waals surface area contributed by atoms with E-state index >= 15 is 0 Å². The fraction of sp³-hybridized carbons (Fsp3) is 0.133. The van der Waals surface area contributed by atoms with Crippen LogP contribution < -0.4 is 5.32 Å². The van der Waals surface area contributed by atoms with Crippen molar-refractivity contribution in [2.45, 2.75) is 19.3 Å². The Balaban J connectivity index is 1.46. The molecule has 0 bridgehead atoms. The molecule has 0 spiro atoms. The predicted molar refractivity (Wildman–Crippen MR) is 139 cm³/mol. The van der Waals surface area contributed by atoms with Gasteiger partial charge in [-0.2, -0.15) is 5.26 Å². The topological polar surface area (TPSA) is 92.1 Å². The number of nitriles is 1. The zero-order chi connectivity index (χ0) is 24.9. The number of para-hydroxylation sites is 2. The number of pyridine rings is 1. The Hall–Kier alpha value is -4.76. The number of amides is 1. The Morgan fingerprint density at radius 2 is 1.72 bits per heavy atom. The number of nitrogens with zero attached hydrogens (tertiary/aromatic N) is 2. The molecule has 1 heterocycles. The lowest BCUT2D eigenvalue weighted by Gasteiger charge is -2.22. The molecule has 5 rings (SSSR count). The number of carbonyl (C=O) groups excluding carboxylic acids is 2. The van der Waals surface area contributed by atoms with E-state index in [-0.39, 0.29) is 0 Å². The Bertz CT molecular complexity index is 1530. The van der Waals surface area contributed by atoms with Crippen molar-refractivity contribution in [1.82, 2.24) is 4.98 Å². The van der Waals surface area contributed by atoms with Crippen LogP contribution in [0.3, 0.4) is 0 Å². The van der Waals surface area contributed by atoms with E-state index in [0.717, 1.165) is 35.2 Å². The Morgan fingerprint density at radius 3 is 2.56 bits per heavy atom. The summed E-state index contributed by atoms with van der Waals surface area (Å²) < 4.78 is 5.48. The first-order chi connectivity index (χ1) is 17.6. The largest absolute Gasteiger partial charge is 0.452 e. The van der Waals surface area contributed by atoms with Gasteiger partial charge in [-0.1, -0.05) is 60.7 Å². The molecule has 0 radical (unpaired) electrons. The van der Waals surface area contributed by atoms with E-state index in [1.807, 2.05) is 60.7 Å². The number of esters is 1. The standard InChI is InChI=1S/C30H23N3O3/c31-18-22-11-4-6-15-25(22)32-27(34)19-36-30(35)28-23-13-5-7-16-26(23)33-29-21(12-8-14-24(28)29)17-20-9-2-1-3-10-20/h1-7,9-11,13,15-17H,8,12,14,19H2,(H,32,34)/b21-17-. The van der Waals surface area contributed by atoms with Crippen LogP contribution in [-0.4, -0.2) is 23.5 Å². The number of hydrogen-bond acceptors (Lipinski definition) is 5. The van der Waals surface area contributed by atoms with Crippen molar-refractivity contribution >= 4 is 40.1 Å². The van der Waals surface area contributed by atoms with Gasteiger partial charge >= 0.3 is 5.97 Å². The molecule has 0 aliphatic heterocycles. The molecule has 1 N–H and O–H groups in total. The molecule has 1 amide bonds. The molecule has 0 saturated heterocycles. The van der Waals surface area contributed by atoms with Gasteiger partial charge in [-0.3, -0.25) is 4.79 Å². The van der Waals surface area contributed by atoms with Crippen molar-refractivity contribution in [3.05, 3.63) is 107 Å². The fourth-order valence-corrected chi connectivity index (χ4v) is 4.54. The maximum absolute atomic E-state index is 13.4. The summed E-state index contributed by atoms with van der Waals surface area (Å²) in [5.41, 5.74) is 5.69. The van der Waals surface area contributed by atoms with Crippen LogP contribution in [0.2, 0.25) is 0 Å². The minimum absolute atomic E-state index is 0.337.